The molecular formula is C14H21N5. The Morgan fingerprint density at radius 3 is 2.79 bits per heavy atom. The van der Waals surface area contributed by atoms with Gasteiger partial charge in [0, 0.05) is 25.3 Å². The quantitative estimate of drug-likeness (QED) is 0.890. The average molecular weight is 259 g/mol. The van der Waals surface area contributed by atoms with Crippen LogP contribution >= 0.6 is 0 Å². The van der Waals surface area contributed by atoms with Crippen molar-refractivity contribution in [2.24, 2.45) is 11.7 Å². The van der Waals surface area contributed by atoms with Crippen LogP contribution in [0.3, 0.4) is 0 Å². The van der Waals surface area contributed by atoms with Crippen LogP contribution in [0.1, 0.15) is 25.3 Å². The number of pyridine rings is 1. The highest BCUT2D eigenvalue weighted by Gasteiger charge is 2.24. The van der Waals surface area contributed by atoms with Crippen molar-refractivity contribution in [3.05, 3.63) is 23.9 Å². The Morgan fingerprint density at radius 2 is 2.11 bits per heavy atom. The summed E-state index contributed by atoms with van der Waals surface area (Å²) in [7, 11) is 0. The fourth-order valence-corrected chi connectivity index (χ4v) is 2.73. The molecule has 1 atom stereocenters. The summed E-state index contributed by atoms with van der Waals surface area (Å²) in [5.74, 6) is 1.48. The van der Waals surface area contributed by atoms with Gasteiger partial charge >= 0.3 is 0 Å². The second kappa shape index (κ2) is 4.81. The standard InChI is InChI=1S/C14H21N5/c1-10-3-8-19-13(9-10)16-14(17-19)18-6-4-12(5-7-18)11(2)15/h3,8-9,11-12H,4-7,15H2,1-2H3. The van der Waals surface area contributed by atoms with Crippen molar-refractivity contribution in [1.29, 1.82) is 0 Å². The molecule has 0 aromatic carbocycles. The molecule has 0 bridgehead atoms. The molecule has 5 nitrogen and oxygen atoms in total. The Morgan fingerprint density at radius 1 is 1.37 bits per heavy atom. The molecule has 5 heteroatoms. The van der Waals surface area contributed by atoms with Crippen molar-refractivity contribution >= 4 is 11.6 Å². The third-order valence-corrected chi connectivity index (χ3v) is 4.05. The van der Waals surface area contributed by atoms with Gasteiger partial charge in [-0.3, -0.25) is 0 Å². The number of hydrogen-bond donors (Lipinski definition) is 1. The normalized spacial score (nSPS) is 19.0. The fourth-order valence-electron chi connectivity index (χ4n) is 2.73. The predicted molar refractivity (Wildman–Crippen MR) is 76.3 cm³/mol. The first-order chi connectivity index (χ1) is 9.13. The Labute approximate surface area is 113 Å². The molecule has 1 aliphatic heterocycles. The third-order valence-electron chi connectivity index (χ3n) is 4.05. The van der Waals surface area contributed by atoms with Crippen molar-refractivity contribution < 1.29 is 0 Å². The van der Waals surface area contributed by atoms with Gasteiger partial charge in [-0.1, -0.05) is 0 Å². The van der Waals surface area contributed by atoms with Crippen LogP contribution < -0.4 is 10.6 Å². The second-order valence-corrected chi connectivity index (χ2v) is 5.60. The fraction of sp³-hybridized carbons (Fsp3) is 0.571. The Kier molecular flexibility index (Phi) is 3.14. The van der Waals surface area contributed by atoms with Crippen LogP contribution in [0.25, 0.3) is 5.65 Å². The summed E-state index contributed by atoms with van der Waals surface area (Å²) in [6.45, 7) is 6.18. The molecule has 0 radical (unpaired) electrons. The Hall–Kier alpha value is -1.62. The number of hydrogen-bond acceptors (Lipinski definition) is 4. The van der Waals surface area contributed by atoms with Gasteiger partial charge in [-0.05, 0) is 50.3 Å². The van der Waals surface area contributed by atoms with E-state index in [0.29, 0.717) is 12.0 Å². The van der Waals surface area contributed by atoms with Gasteiger partial charge in [0.05, 0.1) is 0 Å². The van der Waals surface area contributed by atoms with Crippen molar-refractivity contribution in [3.63, 3.8) is 0 Å². The minimum Gasteiger partial charge on any atom is -0.339 e. The number of aryl methyl sites for hydroxylation is 1. The van der Waals surface area contributed by atoms with Crippen molar-refractivity contribution in [2.45, 2.75) is 32.7 Å². The van der Waals surface area contributed by atoms with E-state index in [0.717, 1.165) is 37.5 Å². The van der Waals surface area contributed by atoms with E-state index >= 15 is 0 Å². The maximum atomic E-state index is 5.98. The van der Waals surface area contributed by atoms with E-state index in [2.05, 4.69) is 34.9 Å². The average Bonchev–Trinajstić information content (AvgIpc) is 2.81. The zero-order valence-electron chi connectivity index (χ0n) is 11.6. The number of rotatable bonds is 2. The van der Waals surface area contributed by atoms with Gasteiger partial charge in [-0.2, -0.15) is 4.98 Å². The molecule has 1 saturated heterocycles. The lowest BCUT2D eigenvalue weighted by molar-refractivity contribution is 0.352. The van der Waals surface area contributed by atoms with Crippen LogP contribution in [0.4, 0.5) is 5.95 Å². The third kappa shape index (κ3) is 2.42. The molecule has 3 heterocycles. The van der Waals surface area contributed by atoms with Crippen LogP contribution in [-0.2, 0) is 0 Å². The highest BCUT2D eigenvalue weighted by atomic mass is 15.4. The first kappa shape index (κ1) is 12.4. The monoisotopic (exact) mass is 259 g/mol. The lowest BCUT2D eigenvalue weighted by atomic mass is 9.91. The van der Waals surface area contributed by atoms with Crippen LogP contribution in [0.2, 0.25) is 0 Å². The number of anilines is 1. The minimum absolute atomic E-state index is 0.291. The first-order valence-electron chi connectivity index (χ1n) is 6.97. The van der Waals surface area contributed by atoms with Gasteiger partial charge in [-0.25, -0.2) is 4.52 Å². The first-order valence-corrected chi connectivity index (χ1v) is 6.97. The number of aromatic nitrogens is 3. The van der Waals surface area contributed by atoms with Crippen molar-refractivity contribution in [3.8, 4) is 0 Å². The van der Waals surface area contributed by atoms with Crippen LogP contribution in [0.15, 0.2) is 18.3 Å². The molecule has 19 heavy (non-hydrogen) atoms. The molecule has 0 spiro atoms. The van der Waals surface area contributed by atoms with Gasteiger partial charge in [0.25, 0.3) is 0 Å². The van der Waals surface area contributed by atoms with Crippen LogP contribution in [-0.4, -0.2) is 33.7 Å². The van der Waals surface area contributed by atoms with Crippen molar-refractivity contribution in [1.82, 2.24) is 14.6 Å². The summed E-state index contributed by atoms with van der Waals surface area (Å²) in [5.41, 5.74) is 8.11. The molecule has 0 saturated carbocycles. The van der Waals surface area contributed by atoms with Crippen molar-refractivity contribution in [2.75, 3.05) is 18.0 Å². The van der Waals surface area contributed by atoms with Gasteiger partial charge < -0.3 is 10.6 Å². The maximum Gasteiger partial charge on any atom is 0.245 e. The highest BCUT2D eigenvalue weighted by molar-refractivity contribution is 5.46. The smallest absolute Gasteiger partial charge is 0.245 e. The number of piperidine rings is 1. The van der Waals surface area contributed by atoms with Gasteiger partial charge in [0.15, 0.2) is 5.65 Å². The molecule has 1 unspecified atom stereocenters. The maximum absolute atomic E-state index is 5.98. The molecule has 3 rings (SSSR count). The zero-order valence-corrected chi connectivity index (χ0v) is 11.6. The van der Waals surface area contributed by atoms with Gasteiger partial charge in [0.2, 0.25) is 5.95 Å². The molecule has 2 aromatic heterocycles. The molecule has 1 fully saturated rings. The molecule has 0 amide bonds. The van der Waals surface area contributed by atoms with E-state index in [1.165, 1.54) is 5.56 Å². The second-order valence-electron chi connectivity index (χ2n) is 5.60. The van der Waals surface area contributed by atoms with Crippen LogP contribution in [0.5, 0.6) is 0 Å². The van der Waals surface area contributed by atoms with E-state index in [-0.39, 0.29) is 0 Å². The molecule has 1 aliphatic rings. The van der Waals surface area contributed by atoms with E-state index in [1.807, 2.05) is 16.8 Å². The number of fused-ring (bicyclic) bond motifs is 1. The number of nitrogens with two attached hydrogens (primary N) is 1. The van der Waals surface area contributed by atoms with E-state index in [9.17, 15) is 0 Å². The van der Waals surface area contributed by atoms with E-state index in [1.54, 1.807) is 0 Å². The zero-order chi connectivity index (χ0) is 13.4. The van der Waals surface area contributed by atoms with Gasteiger partial charge in [-0.15, -0.1) is 5.10 Å². The Bertz CT molecular complexity index is 566. The summed E-state index contributed by atoms with van der Waals surface area (Å²) >= 11 is 0. The molecule has 2 aromatic rings. The van der Waals surface area contributed by atoms with Crippen LogP contribution in [0, 0.1) is 12.8 Å². The molecule has 2 N–H and O–H groups in total. The summed E-state index contributed by atoms with van der Waals surface area (Å²) in [6, 6.07) is 4.40. The summed E-state index contributed by atoms with van der Waals surface area (Å²) in [6.07, 6.45) is 4.23. The molecule has 102 valence electrons. The SMILES string of the molecule is Cc1ccn2nc(N3CCC(C(C)N)CC3)nc2c1. The van der Waals surface area contributed by atoms with E-state index < -0.39 is 0 Å². The highest BCUT2D eigenvalue weighted by Crippen LogP contribution is 2.23. The Balaban J connectivity index is 1.78. The summed E-state index contributed by atoms with van der Waals surface area (Å²) < 4.78 is 1.85. The minimum atomic E-state index is 0.291. The predicted octanol–water partition coefficient (Wildman–Crippen LogP) is 1.60. The molecule has 0 aliphatic carbocycles. The van der Waals surface area contributed by atoms with Gasteiger partial charge in [0.1, 0.15) is 0 Å². The molecular weight excluding hydrogens is 238 g/mol. The lowest BCUT2D eigenvalue weighted by Gasteiger charge is -2.32. The largest absolute Gasteiger partial charge is 0.339 e. The topological polar surface area (TPSA) is 59.5 Å². The lowest BCUT2D eigenvalue weighted by Crippen LogP contribution is -2.40. The number of nitrogens with zero attached hydrogens (tertiary/aromatic N) is 4. The summed E-state index contributed by atoms with van der Waals surface area (Å²) in [4.78, 5) is 6.88. The summed E-state index contributed by atoms with van der Waals surface area (Å²) in [5, 5.41) is 4.55. The van der Waals surface area contributed by atoms with E-state index in [4.69, 9.17) is 5.73 Å².